The molecule has 0 aromatic carbocycles. The van der Waals surface area contributed by atoms with Gasteiger partial charge >= 0.3 is 0 Å². The maximum absolute atomic E-state index is 5.10. The lowest BCUT2D eigenvalue weighted by Gasteiger charge is -2.47. The van der Waals surface area contributed by atoms with Crippen LogP contribution in [0.3, 0.4) is 0 Å². The van der Waals surface area contributed by atoms with Crippen molar-refractivity contribution >= 4 is 12.6 Å². The Morgan fingerprint density at radius 3 is 3.07 bits per heavy atom. The summed E-state index contributed by atoms with van der Waals surface area (Å²) < 4.78 is 0.236. The van der Waals surface area contributed by atoms with Gasteiger partial charge in [0.25, 0.3) is 0 Å². The highest BCUT2D eigenvalue weighted by Gasteiger charge is 2.68. The Labute approximate surface area is 95.5 Å². The number of allylic oxidation sites excluding steroid dienone is 5. The summed E-state index contributed by atoms with van der Waals surface area (Å²) in [6, 6.07) is 0. The van der Waals surface area contributed by atoms with Crippen LogP contribution in [0.25, 0.3) is 0 Å². The zero-order valence-electron chi connectivity index (χ0n) is 8.93. The van der Waals surface area contributed by atoms with Crippen LogP contribution in [0.2, 0.25) is 0 Å². The molecule has 0 fully saturated rings. The summed E-state index contributed by atoms with van der Waals surface area (Å²) >= 11 is 5.10. The molecule has 3 unspecified atom stereocenters. The van der Waals surface area contributed by atoms with Crippen molar-refractivity contribution in [2.75, 3.05) is 0 Å². The Morgan fingerprint density at radius 1 is 1.33 bits per heavy atom. The van der Waals surface area contributed by atoms with Gasteiger partial charge in [0.1, 0.15) is 0 Å². The highest BCUT2D eigenvalue weighted by Crippen LogP contribution is 2.78. The molecule has 0 heterocycles. The smallest absolute Gasteiger partial charge is 0.0421 e. The molecule has 5 bridgehead atoms. The van der Waals surface area contributed by atoms with Gasteiger partial charge in [0.2, 0.25) is 0 Å². The Balaban J connectivity index is 1.99. The van der Waals surface area contributed by atoms with Crippen LogP contribution < -0.4 is 0 Å². The maximum Gasteiger partial charge on any atom is 0.0421 e. The van der Waals surface area contributed by atoms with Crippen LogP contribution in [0.15, 0.2) is 33.9 Å². The molecule has 0 aromatic rings. The first kappa shape index (κ1) is 7.78. The number of fused-ring (bicyclic) bond motifs is 1. The molecule has 5 aliphatic carbocycles. The van der Waals surface area contributed by atoms with E-state index < -0.39 is 0 Å². The molecule has 15 heavy (non-hydrogen) atoms. The molecule has 0 radical (unpaired) electrons. The van der Waals surface area contributed by atoms with E-state index in [-0.39, 0.29) is 4.75 Å². The zero-order chi connectivity index (χ0) is 10.00. The molecule has 0 N–H and O–H groups in total. The minimum atomic E-state index is 0.236. The summed E-state index contributed by atoms with van der Waals surface area (Å²) in [5.41, 5.74) is 9.08. The van der Waals surface area contributed by atoms with Crippen LogP contribution in [-0.4, -0.2) is 4.75 Å². The predicted molar refractivity (Wildman–Crippen MR) is 63.9 cm³/mol. The number of hydrogen-bond acceptors (Lipinski definition) is 1. The fourth-order valence-electron chi connectivity index (χ4n) is 5.13. The lowest BCUT2D eigenvalue weighted by Crippen LogP contribution is -2.42. The van der Waals surface area contributed by atoms with Gasteiger partial charge in [-0.25, -0.2) is 0 Å². The normalized spacial score (nSPS) is 52.7. The van der Waals surface area contributed by atoms with Crippen molar-refractivity contribution < 1.29 is 0 Å². The van der Waals surface area contributed by atoms with Crippen molar-refractivity contribution in [3.63, 3.8) is 0 Å². The standard InChI is InChI=1S/C14H14S/c1-7-8-2-4-13-6-10(11(8)13)9-3-5-14(7,15)12(9)13/h6-7,15H,2-5H2,1H3. The number of rotatable bonds is 0. The van der Waals surface area contributed by atoms with E-state index in [9.17, 15) is 0 Å². The van der Waals surface area contributed by atoms with E-state index in [1.807, 2.05) is 0 Å². The monoisotopic (exact) mass is 214 g/mol. The Kier molecular flexibility index (Phi) is 0.931. The maximum atomic E-state index is 5.10. The second kappa shape index (κ2) is 1.79. The lowest BCUT2D eigenvalue weighted by molar-refractivity contribution is 0.417. The summed E-state index contributed by atoms with van der Waals surface area (Å²) in [5, 5.41) is 0. The molecule has 0 saturated carbocycles. The molecule has 5 aliphatic rings. The third-order valence-electron chi connectivity index (χ3n) is 5.72. The van der Waals surface area contributed by atoms with Gasteiger partial charge in [-0.05, 0) is 53.9 Å². The van der Waals surface area contributed by atoms with Crippen molar-refractivity contribution in [3.05, 3.63) is 33.9 Å². The van der Waals surface area contributed by atoms with Gasteiger partial charge in [-0.1, -0.05) is 18.6 Å². The first-order valence-electron chi connectivity index (χ1n) is 6.12. The molecule has 0 amide bonds. The van der Waals surface area contributed by atoms with Crippen LogP contribution in [0.1, 0.15) is 32.6 Å². The van der Waals surface area contributed by atoms with Crippen LogP contribution in [-0.2, 0) is 0 Å². The van der Waals surface area contributed by atoms with Crippen molar-refractivity contribution in [2.45, 2.75) is 37.4 Å². The third kappa shape index (κ3) is 0.495. The van der Waals surface area contributed by atoms with Crippen LogP contribution in [0.5, 0.6) is 0 Å². The SMILES string of the molecule is CC1C2=C3C4=CC3(CC2)C2=C4CCC21S. The quantitative estimate of drug-likeness (QED) is 0.587. The number of hydrogen-bond donors (Lipinski definition) is 1. The fourth-order valence-corrected chi connectivity index (χ4v) is 5.74. The van der Waals surface area contributed by atoms with Gasteiger partial charge in [-0.2, -0.15) is 12.6 Å². The average molecular weight is 214 g/mol. The minimum Gasteiger partial charge on any atom is -0.167 e. The van der Waals surface area contributed by atoms with Crippen LogP contribution in [0.4, 0.5) is 0 Å². The van der Waals surface area contributed by atoms with E-state index in [1.54, 1.807) is 27.9 Å². The summed E-state index contributed by atoms with van der Waals surface area (Å²) in [6.07, 6.45) is 7.86. The Bertz CT molecular complexity index is 534. The van der Waals surface area contributed by atoms with E-state index >= 15 is 0 Å². The van der Waals surface area contributed by atoms with Crippen molar-refractivity contribution in [3.8, 4) is 0 Å². The summed E-state index contributed by atoms with van der Waals surface area (Å²) in [6.45, 7) is 2.41. The molecular formula is C14H14S. The minimum absolute atomic E-state index is 0.236. The largest absolute Gasteiger partial charge is 0.167 e. The van der Waals surface area contributed by atoms with Gasteiger partial charge < -0.3 is 0 Å². The van der Waals surface area contributed by atoms with Crippen molar-refractivity contribution in [1.29, 1.82) is 0 Å². The van der Waals surface area contributed by atoms with Gasteiger partial charge in [0, 0.05) is 10.2 Å². The molecule has 0 nitrogen and oxygen atoms in total. The summed E-state index contributed by atoms with van der Waals surface area (Å²) in [5.74, 6) is 0.699. The van der Waals surface area contributed by atoms with Crippen LogP contribution in [0, 0.1) is 11.3 Å². The molecule has 3 atom stereocenters. The number of thiol groups is 1. The Morgan fingerprint density at radius 2 is 2.20 bits per heavy atom. The molecule has 5 rings (SSSR count). The summed E-state index contributed by atoms with van der Waals surface area (Å²) in [7, 11) is 0. The second-order valence-electron chi connectivity index (χ2n) is 5.93. The van der Waals surface area contributed by atoms with Gasteiger partial charge in [0.05, 0.1) is 0 Å². The molecule has 1 heteroatoms. The lowest BCUT2D eigenvalue weighted by atomic mass is 9.60. The first-order valence-corrected chi connectivity index (χ1v) is 6.57. The molecule has 76 valence electrons. The molecule has 0 aliphatic heterocycles. The zero-order valence-corrected chi connectivity index (χ0v) is 9.82. The molecule has 0 spiro atoms. The van der Waals surface area contributed by atoms with E-state index in [1.165, 1.54) is 25.7 Å². The molecule has 0 saturated heterocycles. The topological polar surface area (TPSA) is 0 Å². The van der Waals surface area contributed by atoms with Crippen molar-refractivity contribution in [1.82, 2.24) is 0 Å². The first-order chi connectivity index (χ1) is 7.18. The van der Waals surface area contributed by atoms with Gasteiger partial charge in [-0.3, -0.25) is 0 Å². The van der Waals surface area contributed by atoms with E-state index in [0.29, 0.717) is 11.3 Å². The predicted octanol–water partition coefficient (Wildman–Crippen LogP) is 3.43. The van der Waals surface area contributed by atoms with Crippen LogP contribution >= 0.6 is 12.6 Å². The molecule has 0 aromatic heterocycles. The van der Waals surface area contributed by atoms with E-state index in [4.69, 9.17) is 12.6 Å². The highest BCUT2D eigenvalue weighted by molar-refractivity contribution is 7.82. The third-order valence-corrected chi connectivity index (χ3v) is 6.55. The van der Waals surface area contributed by atoms with E-state index in [0.717, 1.165) is 0 Å². The van der Waals surface area contributed by atoms with Gasteiger partial charge in [-0.15, -0.1) is 0 Å². The highest BCUT2D eigenvalue weighted by atomic mass is 32.1. The second-order valence-corrected chi connectivity index (χ2v) is 6.73. The average Bonchev–Trinajstić information content (AvgIpc) is 2.80. The van der Waals surface area contributed by atoms with Crippen molar-refractivity contribution in [2.24, 2.45) is 11.3 Å². The fraction of sp³-hybridized carbons (Fsp3) is 0.571. The summed E-state index contributed by atoms with van der Waals surface area (Å²) in [4.78, 5) is 0. The van der Waals surface area contributed by atoms with E-state index in [2.05, 4.69) is 13.0 Å². The molecular weight excluding hydrogens is 200 g/mol. The Hall–Kier alpha value is -0.430. The van der Waals surface area contributed by atoms with Gasteiger partial charge in [0.15, 0.2) is 0 Å².